The minimum Gasteiger partial charge on any atom is -0.353 e. The summed E-state index contributed by atoms with van der Waals surface area (Å²) in [6, 6.07) is 10.3. The van der Waals surface area contributed by atoms with Crippen LogP contribution in [0.15, 0.2) is 42.7 Å². The molecule has 2 N–H and O–H groups in total. The van der Waals surface area contributed by atoms with Crippen molar-refractivity contribution in [1.82, 2.24) is 20.4 Å². The molecule has 0 aliphatic carbocycles. The van der Waals surface area contributed by atoms with Gasteiger partial charge in [0.1, 0.15) is 0 Å². The highest BCUT2D eigenvalue weighted by atomic mass is 16.1. The number of piperidine rings is 1. The number of carbonyl (C=O) groups is 1. The summed E-state index contributed by atoms with van der Waals surface area (Å²) in [4.78, 5) is 12.1. The smallest absolute Gasteiger partial charge is 0.220 e. The molecule has 1 aromatic heterocycles. The zero-order valence-electron chi connectivity index (χ0n) is 13.5. The molecule has 122 valence electrons. The standard InChI is InChI=1S/C18H24N4O/c1-14-11-19-10-9-17(14)21-18(23)8-7-15-12-20-22(13-15)16-5-3-2-4-6-16/h2-6,12-14,17,19H,7-11H2,1H3,(H,21,23). The highest BCUT2D eigenvalue weighted by Crippen LogP contribution is 2.12. The van der Waals surface area contributed by atoms with E-state index >= 15 is 0 Å². The van der Waals surface area contributed by atoms with E-state index in [1.165, 1.54) is 0 Å². The number of benzene rings is 1. The van der Waals surface area contributed by atoms with Gasteiger partial charge in [0.05, 0.1) is 11.9 Å². The Morgan fingerprint density at radius 1 is 1.39 bits per heavy atom. The first-order valence-electron chi connectivity index (χ1n) is 8.31. The summed E-state index contributed by atoms with van der Waals surface area (Å²) in [5.41, 5.74) is 2.12. The monoisotopic (exact) mass is 312 g/mol. The second-order valence-electron chi connectivity index (χ2n) is 6.27. The number of aromatic nitrogens is 2. The molecule has 2 atom stereocenters. The molecular formula is C18H24N4O. The van der Waals surface area contributed by atoms with E-state index in [2.05, 4.69) is 22.7 Å². The summed E-state index contributed by atoms with van der Waals surface area (Å²) in [5, 5.41) is 10.9. The largest absolute Gasteiger partial charge is 0.353 e. The molecule has 1 saturated heterocycles. The predicted molar refractivity (Wildman–Crippen MR) is 90.5 cm³/mol. The van der Waals surface area contributed by atoms with Gasteiger partial charge in [-0.3, -0.25) is 4.79 Å². The minimum atomic E-state index is 0.135. The van der Waals surface area contributed by atoms with Gasteiger partial charge in [-0.15, -0.1) is 0 Å². The molecule has 0 bridgehead atoms. The number of hydrogen-bond donors (Lipinski definition) is 2. The van der Waals surface area contributed by atoms with Crippen molar-refractivity contribution in [3.63, 3.8) is 0 Å². The van der Waals surface area contributed by atoms with E-state index in [0.29, 0.717) is 18.4 Å². The SMILES string of the molecule is CC1CNCCC1NC(=O)CCc1cnn(-c2ccccc2)c1. The topological polar surface area (TPSA) is 58.9 Å². The highest BCUT2D eigenvalue weighted by molar-refractivity contribution is 5.76. The molecule has 2 heterocycles. The van der Waals surface area contributed by atoms with Crippen LogP contribution < -0.4 is 10.6 Å². The van der Waals surface area contributed by atoms with Crippen molar-refractivity contribution in [3.05, 3.63) is 48.3 Å². The second-order valence-corrected chi connectivity index (χ2v) is 6.27. The Bertz CT molecular complexity index is 637. The maximum absolute atomic E-state index is 12.1. The zero-order chi connectivity index (χ0) is 16.1. The average Bonchev–Trinajstić information content (AvgIpc) is 3.05. The fraction of sp³-hybridized carbons (Fsp3) is 0.444. The lowest BCUT2D eigenvalue weighted by molar-refractivity contribution is -0.122. The van der Waals surface area contributed by atoms with E-state index in [1.54, 1.807) is 0 Å². The Hall–Kier alpha value is -2.14. The van der Waals surface area contributed by atoms with Crippen molar-refractivity contribution in [1.29, 1.82) is 0 Å². The summed E-state index contributed by atoms with van der Waals surface area (Å²) in [5.74, 6) is 0.629. The number of nitrogens with zero attached hydrogens (tertiary/aromatic N) is 2. The van der Waals surface area contributed by atoms with Crippen LogP contribution in [-0.2, 0) is 11.2 Å². The van der Waals surface area contributed by atoms with Crippen LogP contribution in [0.4, 0.5) is 0 Å². The number of amides is 1. The first-order valence-corrected chi connectivity index (χ1v) is 8.31. The molecule has 3 rings (SSSR count). The number of hydrogen-bond acceptors (Lipinski definition) is 3. The van der Waals surface area contributed by atoms with Crippen molar-refractivity contribution in [2.45, 2.75) is 32.2 Å². The molecule has 2 unspecified atom stereocenters. The summed E-state index contributed by atoms with van der Waals surface area (Å²) in [7, 11) is 0. The molecule has 5 nitrogen and oxygen atoms in total. The third-order valence-electron chi connectivity index (χ3n) is 4.43. The zero-order valence-corrected chi connectivity index (χ0v) is 13.5. The van der Waals surface area contributed by atoms with Gasteiger partial charge in [-0.2, -0.15) is 5.10 Å². The van der Waals surface area contributed by atoms with Gasteiger partial charge >= 0.3 is 0 Å². The summed E-state index contributed by atoms with van der Waals surface area (Å²) >= 11 is 0. The summed E-state index contributed by atoms with van der Waals surface area (Å²) < 4.78 is 1.85. The molecule has 0 saturated carbocycles. The van der Waals surface area contributed by atoms with E-state index in [9.17, 15) is 4.79 Å². The maximum atomic E-state index is 12.1. The molecule has 2 aromatic rings. The molecular weight excluding hydrogens is 288 g/mol. The van der Waals surface area contributed by atoms with Crippen molar-refractivity contribution in [2.75, 3.05) is 13.1 Å². The first kappa shape index (κ1) is 15.7. The van der Waals surface area contributed by atoms with Gasteiger partial charge in [-0.25, -0.2) is 4.68 Å². The molecule has 5 heteroatoms. The average molecular weight is 312 g/mol. The van der Waals surface area contributed by atoms with Crippen molar-refractivity contribution in [2.24, 2.45) is 5.92 Å². The quantitative estimate of drug-likeness (QED) is 0.887. The first-order chi connectivity index (χ1) is 11.2. The molecule has 1 amide bonds. The lowest BCUT2D eigenvalue weighted by Gasteiger charge is -2.30. The summed E-state index contributed by atoms with van der Waals surface area (Å²) in [6.07, 6.45) is 6.08. The van der Waals surface area contributed by atoms with Gasteiger partial charge in [0.25, 0.3) is 0 Å². The van der Waals surface area contributed by atoms with Crippen molar-refractivity contribution >= 4 is 5.91 Å². The van der Waals surface area contributed by atoms with E-state index in [4.69, 9.17) is 0 Å². The Balaban J connectivity index is 1.50. The number of aryl methyl sites for hydroxylation is 1. The lowest BCUT2D eigenvalue weighted by Crippen LogP contribution is -2.48. The van der Waals surface area contributed by atoms with Gasteiger partial charge in [-0.05, 0) is 49.5 Å². The molecule has 1 aromatic carbocycles. The Kier molecular flexibility index (Phi) is 5.08. The third-order valence-corrected chi connectivity index (χ3v) is 4.43. The lowest BCUT2D eigenvalue weighted by atomic mass is 9.95. The summed E-state index contributed by atoms with van der Waals surface area (Å²) in [6.45, 7) is 4.15. The van der Waals surface area contributed by atoms with Gasteiger partial charge in [-0.1, -0.05) is 25.1 Å². The van der Waals surface area contributed by atoms with Crippen LogP contribution in [0.2, 0.25) is 0 Å². The fourth-order valence-corrected chi connectivity index (χ4v) is 2.98. The van der Waals surface area contributed by atoms with Crippen LogP contribution in [0.1, 0.15) is 25.3 Å². The van der Waals surface area contributed by atoms with Gasteiger partial charge < -0.3 is 10.6 Å². The van der Waals surface area contributed by atoms with Gasteiger partial charge in [0.15, 0.2) is 0 Å². The molecule has 1 aliphatic heterocycles. The Labute approximate surface area is 137 Å². The molecule has 0 radical (unpaired) electrons. The third kappa shape index (κ3) is 4.20. The normalized spacial score (nSPS) is 21.1. The van der Waals surface area contributed by atoms with E-state index < -0.39 is 0 Å². The fourth-order valence-electron chi connectivity index (χ4n) is 2.98. The predicted octanol–water partition coefficient (Wildman–Crippen LogP) is 1.92. The van der Waals surface area contributed by atoms with Crippen molar-refractivity contribution in [3.8, 4) is 5.69 Å². The number of carbonyl (C=O) groups excluding carboxylic acids is 1. The van der Waals surface area contributed by atoms with E-state index in [0.717, 1.165) is 37.2 Å². The Morgan fingerprint density at radius 3 is 3.00 bits per heavy atom. The number of para-hydroxylation sites is 1. The van der Waals surface area contributed by atoms with Crippen LogP contribution in [-0.4, -0.2) is 34.8 Å². The number of rotatable bonds is 5. The Morgan fingerprint density at radius 2 is 2.22 bits per heavy atom. The van der Waals surface area contributed by atoms with Crippen LogP contribution in [0.3, 0.4) is 0 Å². The van der Waals surface area contributed by atoms with Crippen LogP contribution in [0, 0.1) is 5.92 Å². The van der Waals surface area contributed by atoms with Crippen molar-refractivity contribution < 1.29 is 4.79 Å². The second kappa shape index (κ2) is 7.42. The molecule has 1 fully saturated rings. The van der Waals surface area contributed by atoms with Gasteiger partial charge in [0.2, 0.25) is 5.91 Å². The van der Waals surface area contributed by atoms with E-state index in [1.807, 2.05) is 47.4 Å². The van der Waals surface area contributed by atoms with Crippen LogP contribution in [0.25, 0.3) is 5.69 Å². The van der Waals surface area contributed by atoms with Crippen LogP contribution >= 0.6 is 0 Å². The molecule has 1 aliphatic rings. The van der Waals surface area contributed by atoms with Gasteiger partial charge in [0, 0.05) is 18.7 Å². The molecule has 23 heavy (non-hydrogen) atoms. The van der Waals surface area contributed by atoms with Crippen LogP contribution in [0.5, 0.6) is 0 Å². The van der Waals surface area contributed by atoms with E-state index in [-0.39, 0.29) is 5.91 Å². The minimum absolute atomic E-state index is 0.135. The molecule has 0 spiro atoms. The highest BCUT2D eigenvalue weighted by Gasteiger charge is 2.22. The maximum Gasteiger partial charge on any atom is 0.220 e. The number of nitrogens with one attached hydrogen (secondary N) is 2.